The van der Waals surface area contributed by atoms with Crippen molar-refractivity contribution < 1.29 is 23.1 Å². The highest BCUT2D eigenvalue weighted by Crippen LogP contribution is 2.41. The average molecular weight is 658 g/mol. The molecule has 2 atom stereocenters. The molecule has 0 saturated heterocycles. The van der Waals surface area contributed by atoms with E-state index in [4.69, 9.17) is 20.8 Å². The second-order valence-electron chi connectivity index (χ2n) is 13.6. The number of hydrogen-bond acceptors (Lipinski definition) is 5. The van der Waals surface area contributed by atoms with Gasteiger partial charge in [-0.25, -0.2) is 9.18 Å². The van der Waals surface area contributed by atoms with Crippen LogP contribution < -0.4 is 0 Å². The first-order valence-electron chi connectivity index (χ1n) is 14.8. The maximum absolute atomic E-state index is 13.7. The van der Waals surface area contributed by atoms with Gasteiger partial charge in [0, 0.05) is 32.3 Å². The van der Waals surface area contributed by atoms with Gasteiger partial charge in [-0.15, -0.1) is 0 Å². The number of benzene rings is 3. The molecule has 0 spiro atoms. The molecule has 5 nitrogen and oxygen atoms in total. The van der Waals surface area contributed by atoms with E-state index in [-0.39, 0.29) is 17.2 Å². The average Bonchev–Trinajstić information content (AvgIpc) is 2.91. The first-order chi connectivity index (χ1) is 20.4. The van der Waals surface area contributed by atoms with Crippen LogP contribution in [-0.2, 0) is 15.6 Å². The molecule has 9 heteroatoms. The first kappa shape index (κ1) is 35.8. The summed E-state index contributed by atoms with van der Waals surface area (Å²) in [5.41, 5.74) is 1.72. The fourth-order valence-corrected chi connectivity index (χ4v) is 6.73. The van der Waals surface area contributed by atoms with Gasteiger partial charge in [-0.3, -0.25) is 4.79 Å². The van der Waals surface area contributed by atoms with E-state index in [0.717, 1.165) is 16.0 Å². The summed E-state index contributed by atoms with van der Waals surface area (Å²) in [5.74, 6) is -0.441. The quantitative estimate of drug-likeness (QED) is 0.152. The van der Waals surface area contributed by atoms with Gasteiger partial charge in [0.2, 0.25) is 0 Å². The van der Waals surface area contributed by atoms with Crippen molar-refractivity contribution in [1.82, 2.24) is 4.90 Å². The van der Waals surface area contributed by atoms with Crippen LogP contribution >= 0.6 is 23.4 Å². The minimum atomic E-state index is -2.21. The molecule has 0 aliphatic rings. The largest absolute Gasteiger partial charge is 0.446 e. The Morgan fingerprint density at radius 3 is 2.25 bits per heavy atom. The molecule has 0 fully saturated rings. The molecular formula is C35H45ClFNO4SSi. The lowest BCUT2D eigenvalue weighted by atomic mass is 10.0. The van der Waals surface area contributed by atoms with Gasteiger partial charge in [0.15, 0.2) is 14.6 Å². The van der Waals surface area contributed by atoms with E-state index >= 15 is 0 Å². The summed E-state index contributed by atoms with van der Waals surface area (Å²) in [6, 6.07) is 19.7. The van der Waals surface area contributed by atoms with Gasteiger partial charge >= 0.3 is 6.09 Å². The molecule has 3 rings (SSSR count). The van der Waals surface area contributed by atoms with Crippen molar-refractivity contribution in [1.29, 1.82) is 0 Å². The SMILES string of the molecule is C[C@H](Cc1ccc(Sc2ccc(F)cc2C=O)cc1)OC(=O)N(C[C@H](O[Si](C)(C)C(C)(C)C)c1cccc(Cl)c1)C(C)(C)C. The van der Waals surface area contributed by atoms with Gasteiger partial charge in [-0.2, -0.15) is 0 Å². The molecule has 238 valence electrons. The summed E-state index contributed by atoms with van der Waals surface area (Å²) < 4.78 is 26.4. The minimum absolute atomic E-state index is 0.0186. The van der Waals surface area contributed by atoms with E-state index in [1.807, 2.05) is 76.2 Å². The standard InChI is InChI=1S/C35H45ClFNO4SSi/c1-24(19-25-13-16-30(17-14-25)43-32-18-15-29(37)21-27(32)23-39)41-33(40)38(34(2,3)4)22-31(26-11-10-12-28(36)20-26)42-44(8,9)35(5,6)7/h10-18,20-21,23-24,31H,19,22H2,1-9H3/t24-,31+/m1/s1. The van der Waals surface area contributed by atoms with Crippen molar-refractivity contribution in [3.05, 3.63) is 94.3 Å². The number of carbonyl (C=O) groups excluding carboxylic acids is 2. The number of amides is 1. The van der Waals surface area contributed by atoms with Crippen LogP contribution in [0.25, 0.3) is 0 Å². The third-order valence-electron chi connectivity index (χ3n) is 7.92. The summed E-state index contributed by atoms with van der Waals surface area (Å²) >= 11 is 7.77. The summed E-state index contributed by atoms with van der Waals surface area (Å²) in [5, 5.41) is 0.603. The minimum Gasteiger partial charge on any atom is -0.446 e. The molecule has 0 heterocycles. The van der Waals surface area contributed by atoms with Crippen LogP contribution in [0.3, 0.4) is 0 Å². The molecule has 0 saturated carbocycles. The van der Waals surface area contributed by atoms with Gasteiger partial charge in [0.1, 0.15) is 11.9 Å². The lowest BCUT2D eigenvalue weighted by Gasteiger charge is -2.43. The van der Waals surface area contributed by atoms with Gasteiger partial charge in [0.25, 0.3) is 0 Å². The Kier molecular flexibility index (Phi) is 11.9. The zero-order valence-electron chi connectivity index (χ0n) is 27.2. The van der Waals surface area contributed by atoms with Gasteiger partial charge < -0.3 is 14.1 Å². The molecule has 0 aliphatic carbocycles. The summed E-state index contributed by atoms with van der Waals surface area (Å²) in [6.07, 6.45) is 0.0370. The predicted molar refractivity (Wildman–Crippen MR) is 181 cm³/mol. The molecule has 0 radical (unpaired) electrons. The normalized spacial score (nSPS) is 13.7. The molecule has 0 unspecified atom stereocenters. The molecule has 0 N–H and O–H groups in total. The lowest BCUT2D eigenvalue weighted by Crippen LogP contribution is -2.51. The Bertz CT molecular complexity index is 1440. The number of ether oxygens (including phenoxy) is 1. The van der Waals surface area contributed by atoms with Gasteiger partial charge in [-0.1, -0.05) is 68.4 Å². The van der Waals surface area contributed by atoms with Crippen LogP contribution in [0.15, 0.2) is 76.5 Å². The van der Waals surface area contributed by atoms with E-state index in [2.05, 4.69) is 33.9 Å². The van der Waals surface area contributed by atoms with E-state index in [1.165, 1.54) is 23.9 Å². The van der Waals surface area contributed by atoms with Crippen molar-refractivity contribution in [3.8, 4) is 0 Å². The van der Waals surface area contributed by atoms with E-state index in [9.17, 15) is 14.0 Å². The number of rotatable bonds is 11. The topological polar surface area (TPSA) is 55.8 Å². The summed E-state index contributed by atoms with van der Waals surface area (Å²) in [4.78, 5) is 28.4. The zero-order valence-corrected chi connectivity index (χ0v) is 29.8. The number of aldehydes is 1. The third-order valence-corrected chi connectivity index (χ3v) is 13.7. The highest BCUT2D eigenvalue weighted by Gasteiger charge is 2.41. The Morgan fingerprint density at radius 1 is 1.02 bits per heavy atom. The van der Waals surface area contributed by atoms with Crippen LogP contribution in [-0.4, -0.2) is 43.8 Å². The molecule has 44 heavy (non-hydrogen) atoms. The first-order valence-corrected chi connectivity index (χ1v) is 18.9. The molecule has 3 aromatic carbocycles. The maximum atomic E-state index is 13.7. The molecule has 1 amide bonds. The van der Waals surface area contributed by atoms with Crippen molar-refractivity contribution in [2.24, 2.45) is 0 Å². The van der Waals surface area contributed by atoms with Crippen molar-refractivity contribution in [3.63, 3.8) is 0 Å². The molecule has 0 aromatic heterocycles. The molecular weight excluding hydrogens is 613 g/mol. The molecule has 0 aliphatic heterocycles. The van der Waals surface area contributed by atoms with Gasteiger partial charge in [-0.05, 0) is 99.4 Å². The number of carbonyl (C=O) groups is 2. The van der Waals surface area contributed by atoms with Crippen molar-refractivity contribution >= 4 is 44.1 Å². The number of hydrogen-bond donors (Lipinski definition) is 0. The Hall–Kier alpha value is -2.65. The van der Waals surface area contributed by atoms with E-state index in [1.54, 1.807) is 11.0 Å². The lowest BCUT2D eigenvalue weighted by molar-refractivity contribution is 0.0222. The zero-order chi connectivity index (χ0) is 32.9. The number of nitrogens with zero attached hydrogens (tertiary/aromatic N) is 1. The smallest absolute Gasteiger partial charge is 0.410 e. The van der Waals surface area contributed by atoms with Crippen LogP contribution in [0.5, 0.6) is 0 Å². The second kappa shape index (κ2) is 14.6. The van der Waals surface area contributed by atoms with Crippen LogP contribution in [0.1, 0.15) is 76.1 Å². The molecule has 3 aromatic rings. The fraction of sp³-hybridized carbons (Fsp3) is 0.429. The fourth-order valence-electron chi connectivity index (χ4n) is 4.37. The van der Waals surface area contributed by atoms with Crippen LogP contribution in [0.2, 0.25) is 23.2 Å². The maximum Gasteiger partial charge on any atom is 0.410 e. The predicted octanol–water partition coefficient (Wildman–Crippen LogP) is 10.4. The van der Waals surface area contributed by atoms with E-state index < -0.39 is 25.8 Å². The summed E-state index contributed by atoms with van der Waals surface area (Å²) in [7, 11) is -2.21. The Labute approximate surface area is 272 Å². The summed E-state index contributed by atoms with van der Waals surface area (Å²) in [6.45, 7) is 19.2. The van der Waals surface area contributed by atoms with Crippen LogP contribution in [0.4, 0.5) is 9.18 Å². The van der Waals surface area contributed by atoms with Crippen LogP contribution in [0, 0.1) is 5.82 Å². The van der Waals surface area contributed by atoms with E-state index in [0.29, 0.717) is 34.7 Å². The van der Waals surface area contributed by atoms with Crippen molar-refractivity contribution in [2.45, 2.75) is 101 Å². The highest BCUT2D eigenvalue weighted by atomic mass is 35.5. The van der Waals surface area contributed by atoms with Gasteiger partial charge in [0.05, 0.1) is 12.6 Å². The Balaban J connectivity index is 1.74. The Morgan fingerprint density at radius 2 is 1.68 bits per heavy atom. The highest BCUT2D eigenvalue weighted by molar-refractivity contribution is 7.99. The third kappa shape index (κ3) is 9.93. The number of halogens is 2. The second-order valence-corrected chi connectivity index (χ2v) is 20.0. The van der Waals surface area contributed by atoms with Crippen molar-refractivity contribution in [2.75, 3.05) is 6.54 Å². The molecule has 0 bridgehead atoms. The monoisotopic (exact) mass is 657 g/mol.